The monoisotopic (exact) mass is 485 g/mol. The number of anilines is 1. The van der Waals surface area contributed by atoms with Crippen molar-refractivity contribution in [2.45, 2.75) is 26.4 Å². The van der Waals surface area contributed by atoms with Crippen molar-refractivity contribution in [3.63, 3.8) is 0 Å². The van der Waals surface area contributed by atoms with E-state index in [-0.39, 0.29) is 12.1 Å². The Balaban J connectivity index is 1.64. The Morgan fingerprint density at radius 2 is 1.72 bits per heavy atom. The zero-order valence-corrected chi connectivity index (χ0v) is 19.6. The Bertz CT molecular complexity index is 1310. The summed E-state index contributed by atoms with van der Waals surface area (Å²) in [5.41, 5.74) is 7.45. The van der Waals surface area contributed by atoms with E-state index in [1.807, 2.05) is 54.3 Å². The maximum atomic E-state index is 13.7. The lowest BCUT2D eigenvalue weighted by Crippen LogP contribution is -2.38. The van der Waals surface area contributed by atoms with E-state index >= 15 is 0 Å². The maximum Gasteiger partial charge on any atom is 0.322 e. The van der Waals surface area contributed by atoms with Gasteiger partial charge in [0, 0.05) is 22.1 Å². The number of aromatic nitrogens is 1. The number of amides is 2. The number of carbonyl (C=O) groups excluding carboxylic acids is 1. The van der Waals surface area contributed by atoms with Gasteiger partial charge in [-0.3, -0.25) is 0 Å². The van der Waals surface area contributed by atoms with Crippen LogP contribution < -0.4 is 5.32 Å². The van der Waals surface area contributed by atoms with Crippen molar-refractivity contribution >= 4 is 27.6 Å². The van der Waals surface area contributed by atoms with E-state index in [0.29, 0.717) is 6.54 Å². The number of aryl methyl sites for hydroxylation is 2. The van der Waals surface area contributed by atoms with Gasteiger partial charge in [-0.2, -0.15) is 0 Å². The van der Waals surface area contributed by atoms with Gasteiger partial charge in [0.2, 0.25) is 0 Å². The summed E-state index contributed by atoms with van der Waals surface area (Å²) in [6, 6.07) is 26.3. The van der Waals surface area contributed by atoms with Crippen molar-refractivity contribution in [2.24, 2.45) is 0 Å². The van der Waals surface area contributed by atoms with E-state index < -0.39 is 0 Å². The molecule has 0 saturated heterocycles. The van der Waals surface area contributed by atoms with Gasteiger partial charge in [0.1, 0.15) is 6.04 Å². The average molecular weight is 486 g/mol. The molecule has 1 atom stereocenters. The molecule has 0 bridgehead atoms. The Hall–Kier alpha value is -3.31. The van der Waals surface area contributed by atoms with Crippen molar-refractivity contribution < 1.29 is 4.79 Å². The first-order valence-corrected chi connectivity index (χ1v) is 11.5. The summed E-state index contributed by atoms with van der Waals surface area (Å²) in [7, 11) is 0. The first kappa shape index (κ1) is 20.6. The lowest BCUT2D eigenvalue weighted by atomic mass is 9.97. The first-order valence-electron chi connectivity index (χ1n) is 10.7. The predicted molar refractivity (Wildman–Crippen MR) is 132 cm³/mol. The van der Waals surface area contributed by atoms with Crippen molar-refractivity contribution in [1.82, 2.24) is 9.47 Å². The number of rotatable bonds is 2. The number of hydrogen-bond acceptors (Lipinski definition) is 1. The summed E-state index contributed by atoms with van der Waals surface area (Å²) in [6.45, 7) is 4.64. The lowest BCUT2D eigenvalue weighted by molar-refractivity contribution is 0.194. The molecule has 1 unspecified atom stereocenters. The van der Waals surface area contributed by atoms with E-state index in [1.165, 1.54) is 0 Å². The van der Waals surface area contributed by atoms with E-state index in [9.17, 15) is 4.79 Å². The van der Waals surface area contributed by atoms with Crippen LogP contribution in [0.5, 0.6) is 0 Å². The molecule has 0 saturated carbocycles. The fraction of sp³-hybridized carbons (Fsp3) is 0.148. The third kappa shape index (κ3) is 3.63. The molecule has 0 aliphatic carbocycles. The maximum absolute atomic E-state index is 13.7. The van der Waals surface area contributed by atoms with Gasteiger partial charge in [0.25, 0.3) is 0 Å². The zero-order valence-electron chi connectivity index (χ0n) is 18.0. The van der Waals surface area contributed by atoms with Crippen LogP contribution in [0.2, 0.25) is 0 Å². The molecule has 3 aromatic carbocycles. The smallest absolute Gasteiger partial charge is 0.318 e. The lowest BCUT2D eigenvalue weighted by Gasteiger charge is -2.32. The number of urea groups is 1. The Morgan fingerprint density at radius 1 is 0.938 bits per heavy atom. The van der Waals surface area contributed by atoms with Crippen LogP contribution in [0.1, 0.15) is 34.0 Å². The number of carbonyl (C=O) groups is 1. The molecule has 4 aromatic rings. The second-order valence-electron chi connectivity index (χ2n) is 8.21. The molecule has 4 nitrogen and oxygen atoms in total. The van der Waals surface area contributed by atoms with Crippen LogP contribution in [0.4, 0.5) is 10.5 Å². The highest BCUT2D eigenvalue weighted by molar-refractivity contribution is 9.10. The van der Waals surface area contributed by atoms with Crippen molar-refractivity contribution in [2.75, 3.05) is 5.32 Å². The zero-order chi connectivity index (χ0) is 22.2. The summed E-state index contributed by atoms with van der Waals surface area (Å²) in [5.74, 6) is 0. The minimum Gasteiger partial charge on any atom is -0.318 e. The molecule has 1 aliphatic heterocycles. The van der Waals surface area contributed by atoms with Gasteiger partial charge >= 0.3 is 6.03 Å². The molecule has 0 spiro atoms. The number of nitrogens with one attached hydrogen (secondary N) is 1. The number of halogens is 1. The summed E-state index contributed by atoms with van der Waals surface area (Å²) in [5, 5.41) is 3.14. The van der Waals surface area contributed by atoms with Gasteiger partial charge in [0.05, 0.1) is 12.2 Å². The third-order valence-corrected chi connectivity index (χ3v) is 7.01. The van der Waals surface area contributed by atoms with Crippen LogP contribution in [0, 0.1) is 13.8 Å². The topological polar surface area (TPSA) is 37.3 Å². The van der Waals surface area contributed by atoms with Gasteiger partial charge in [-0.25, -0.2) is 4.79 Å². The SMILES string of the molecule is Cc1cc(NC(=O)N2Cc3ccccc3-n3cccc3C2c2ccccc2C)ccc1Br. The minimum absolute atomic E-state index is 0.121. The quantitative estimate of drug-likeness (QED) is 0.326. The van der Waals surface area contributed by atoms with Crippen LogP contribution in [0.25, 0.3) is 5.69 Å². The van der Waals surface area contributed by atoms with E-state index in [1.54, 1.807) is 0 Å². The third-order valence-electron chi connectivity index (χ3n) is 6.12. The van der Waals surface area contributed by atoms with Crippen LogP contribution in [0.15, 0.2) is 89.5 Å². The predicted octanol–water partition coefficient (Wildman–Crippen LogP) is 6.99. The highest BCUT2D eigenvalue weighted by Gasteiger charge is 2.33. The number of nitrogens with zero attached hydrogens (tertiary/aromatic N) is 2. The van der Waals surface area contributed by atoms with Gasteiger partial charge in [-0.05, 0) is 72.5 Å². The minimum atomic E-state index is -0.213. The largest absolute Gasteiger partial charge is 0.322 e. The van der Waals surface area contributed by atoms with Crippen LogP contribution in [-0.2, 0) is 6.54 Å². The molecule has 0 radical (unpaired) electrons. The van der Waals surface area contributed by atoms with E-state index in [2.05, 4.69) is 75.3 Å². The number of para-hydroxylation sites is 1. The molecule has 1 N–H and O–H groups in total. The summed E-state index contributed by atoms with van der Waals surface area (Å²) < 4.78 is 3.23. The summed E-state index contributed by atoms with van der Waals surface area (Å²) >= 11 is 3.54. The van der Waals surface area contributed by atoms with Gasteiger partial charge in [-0.15, -0.1) is 0 Å². The fourth-order valence-electron chi connectivity index (χ4n) is 4.48. The molecule has 2 heterocycles. The number of fused-ring (bicyclic) bond motifs is 3. The number of benzene rings is 3. The second-order valence-corrected chi connectivity index (χ2v) is 9.07. The van der Waals surface area contributed by atoms with Crippen LogP contribution in [-0.4, -0.2) is 15.5 Å². The van der Waals surface area contributed by atoms with Crippen LogP contribution >= 0.6 is 15.9 Å². The highest BCUT2D eigenvalue weighted by atomic mass is 79.9. The molecule has 0 fully saturated rings. The molecule has 1 aromatic heterocycles. The average Bonchev–Trinajstić information content (AvgIpc) is 3.21. The fourth-order valence-corrected chi connectivity index (χ4v) is 4.72. The summed E-state index contributed by atoms with van der Waals surface area (Å²) in [6.07, 6.45) is 2.08. The van der Waals surface area contributed by atoms with Crippen molar-refractivity contribution in [1.29, 1.82) is 0 Å². The molecule has 5 rings (SSSR count). The van der Waals surface area contributed by atoms with Gasteiger partial charge in [0.15, 0.2) is 0 Å². The molecule has 32 heavy (non-hydrogen) atoms. The van der Waals surface area contributed by atoms with Crippen molar-refractivity contribution in [3.8, 4) is 5.69 Å². The molecular weight excluding hydrogens is 462 g/mol. The Kier molecular flexibility index (Phi) is 5.35. The number of hydrogen-bond donors (Lipinski definition) is 1. The van der Waals surface area contributed by atoms with Gasteiger partial charge in [-0.1, -0.05) is 58.4 Å². The van der Waals surface area contributed by atoms with E-state index in [0.717, 1.165) is 43.8 Å². The Morgan fingerprint density at radius 3 is 2.53 bits per heavy atom. The van der Waals surface area contributed by atoms with Gasteiger partial charge < -0.3 is 14.8 Å². The molecular formula is C27H24BrN3O. The molecule has 2 amide bonds. The normalized spacial score (nSPS) is 15.0. The van der Waals surface area contributed by atoms with Crippen molar-refractivity contribution in [3.05, 3.63) is 117 Å². The molecule has 160 valence electrons. The first-order chi connectivity index (χ1) is 15.5. The highest BCUT2D eigenvalue weighted by Crippen LogP contribution is 2.38. The van der Waals surface area contributed by atoms with E-state index in [4.69, 9.17) is 0 Å². The Labute approximate surface area is 196 Å². The van der Waals surface area contributed by atoms with Crippen LogP contribution in [0.3, 0.4) is 0 Å². The second kappa shape index (κ2) is 8.32. The standard InChI is InChI=1S/C27H24BrN3O/c1-18-8-3-5-10-22(18)26-25-12-7-15-30(25)24-11-6-4-9-20(24)17-31(26)27(32)29-21-13-14-23(28)19(2)16-21/h3-16,26H,17H2,1-2H3,(H,29,32). The summed E-state index contributed by atoms with van der Waals surface area (Å²) in [4.78, 5) is 15.7. The molecule has 1 aliphatic rings. The molecule has 5 heteroatoms.